The fraction of sp³-hybridized carbons (Fsp3) is 0.794. The predicted octanol–water partition coefficient (Wildman–Crippen LogP) is 2.27. The first-order chi connectivity index (χ1) is 26.0. The third-order valence-electron chi connectivity index (χ3n) is 7.88. The molecule has 0 N–H and O–H groups in total. The molecule has 310 valence electrons. The zero-order chi connectivity index (χ0) is 41.1. The van der Waals surface area contributed by atoms with E-state index < -0.39 is 116 Å². The molecule has 0 amide bonds. The second-order valence-electron chi connectivity index (χ2n) is 12.6. The highest BCUT2D eigenvalue weighted by molar-refractivity contribution is 5.69. The Morgan fingerprint density at radius 3 is 1.40 bits per heavy atom. The van der Waals surface area contributed by atoms with Crippen molar-refractivity contribution >= 4 is 41.8 Å². The molecule has 0 radical (unpaired) electrons. The van der Waals surface area contributed by atoms with Gasteiger partial charge in [0.2, 0.25) is 0 Å². The molecule has 55 heavy (non-hydrogen) atoms. The SMILES string of the molecule is CC(=O)OC[C@H]1O[C@@H](O[C@H]2[C@H](OC(C)=O)[C@@H](OC(C)=O)[C@H](OCCCCCCCCN=[N+]=[N-])O[C@@H]2COC(C)=O)[C@H](OC(C)=O)[C@@H](OC(C)=O)[C@H]1OC(C)=O. The van der Waals surface area contributed by atoms with Crippen LogP contribution in [0.15, 0.2) is 5.11 Å². The summed E-state index contributed by atoms with van der Waals surface area (Å²) in [5.41, 5.74) is 8.40. The molecule has 0 aromatic heterocycles. The van der Waals surface area contributed by atoms with Crippen molar-refractivity contribution in [2.75, 3.05) is 26.4 Å². The molecule has 21 heteroatoms. The molecule has 0 aromatic carbocycles. The number of carbonyl (C=O) groups excluding carboxylic acids is 7. The van der Waals surface area contributed by atoms with E-state index in [1.54, 1.807) is 0 Å². The second-order valence-corrected chi connectivity index (χ2v) is 12.6. The normalized spacial score (nSPS) is 27.3. The van der Waals surface area contributed by atoms with Crippen LogP contribution < -0.4 is 0 Å². The monoisotopic (exact) mass is 789 g/mol. The molecule has 0 aromatic rings. The number of hydrogen-bond acceptors (Lipinski definition) is 19. The van der Waals surface area contributed by atoms with Crippen molar-refractivity contribution < 1.29 is 85.7 Å². The van der Waals surface area contributed by atoms with E-state index in [1.165, 1.54) is 0 Å². The maximum Gasteiger partial charge on any atom is 0.303 e. The fourth-order valence-corrected chi connectivity index (χ4v) is 5.84. The van der Waals surface area contributed by atoms with Crippen LogP contribution in [0.1, 0.15) is 87.0 Å². The lowest BCUT2D eigenvalue weighted by Gasteiger charge is -2.48. The average molecular weight is 790 g/mol. The van der Waals surface area contributed by atoms with Gasteiger partial charge in [0, 0.05) is 66.5 Å². The van der Waals surface area contributed by atoms with E-state index in [4.69, 9.17) is 57.6 Å². The topological polar surface area (TPSA) is 270 Å². The summed E-state index contributed by atoms with van der Waals surface area (Å²) in [7, 11) is 0. The summed E-state index contributed by atoms with van der Waals surface area (Å²) in [6.45, 7) is 7.00. The number of unbranched alkanes of at least 4 members (excludes halogenated alkanes) is 5. The minimum absolute atomic E-state index is 0.111. The minimum atomic E-state index is -1.78. The van der Waals surface area contributed by atoms with Crippen LogP contribution in [0, 0.1) is 0 Å². The molecule has 2 saturated heterocycles. The van der Waals surface area contributed by atoms with Gasteiger partial charge in [-0.1, -0.05) is 30.8 Å². The number of esters is 7. The Kier molecular flexibility index (Phi) is 20.4. The first-order valence-corrected chi connectivity index (χ1v) is 17.8. The lowest BCUT2D eigenvalue weighted by atomic mass is 9.96. The van der Waals surface area contributed by atoms with E-state index in [0.29, 0.717) is 13.0 Å². The number of nitrogens with zero attached hydrogens (tertiary/aromatic N) is 3. The maximum absolute atomic E-state index is 12.6. The van der Waals surface area contributed by atoms with Crippen molar-refractivity contribution in [2.24, 2.45) is 5.11 Å². The van der Waals surface area contributed by atoms with Crippen molar-refractivity contribution in [3.63, 3.8) is 0 Å². The predicted molar refractivity (Wildman–Crippen MR) is 181 cm³/mol. The van der Waals surface area contributed by atoms with Gasteiger partial charge in [0.25, 0.3) is 0 Å². The number of hydrogen-bond donors (Lipinski definition) is 0. The van der Waals surface area contributed by atoms with Gasteiger partial charge in [-0.25, -0.2) is 0 Å². The highest BCUT2D eigenvalue weighted by Crippen LogP contribution is 2.35. The quantitative estimate of drug-likeness (QED) is 0.0403. The summed E-state index contributed by atoms with van der Waals surface area (Å²) in [6, 6.07) is 0. The molecule has 2 heterocycles. The van der Waals surface area contributed by atoms with Gasteiger partial charge in [-0.2, -0.15) is 0 Å². The molecule has 2 aliphatic heterocycles. The van der Waals surface area contributed by atoms with Crippen molar-refractivity contribution in [2.45, 2.75) is 148 Å². The zero-order valence-corrected chi connectivity index (χ0v) is 32.0. The molecule has 0 spiro atoms. The number of carbonyl (C=O) groups is 7. The van der Waals surface area contributed by atoms with Crippen LogP contribution in [0.5, 0.6) is 0 Å². The summed E-state index contributed by atoms with van der Waals surface area (Å²) >= 11 is 0. The van der Waals surface area contributed by atoms with E-state index >= 15 is 0 Å². The molecule has 2 fully saturated rings. The van der Waals surface area contributed by atoms with Gasteiger partial charge < -0.3 is 52.1 Å². The Balaban J connectivity index is 2.53. The number of rotatable bonds is 21. The molecule has 2 aliphatic rings. The minimum Gasteiger partial charge on any atom is -0.463 e. The Morgan fingerprint density at radius 1 is 0.509 bits per heavy atom. The average Bonchev–Trinajstić information content (AvgIpc) is 3.07. The summed E-state index contributed by atoms with van der Waals surface area (Å²) < 4.78 is 62.6. The fourth-order valence-electron chi connectivity index (χ4n) is 5.84. The van der Waals surface area contributed by atoms with Gasteiger partial charge in [0.1, 0.15) is 31.5 Å². The third kappa shape index (κ3) is 16.8. The third-order valence-corrected chi connectivity index (χ3v) is 7.88. The maximum atomic E-state index is 12.6. The van der Waals surface area contributed by atoms with Crippen LogP contribution in [-0.4, -0.2) is 130 Å². The lowest BCUT2D eigenvalue weighted by Crippen LogP contribution is -2.67. The van der Waals surface area contributed by atoms with E-state index in [-0.39, 0.29) is 6.61 Å². The standard InChI is InChI=1S/C34H51N3O18/c1-18(38)46-16-25-27(48-20(3)40)29(49-21(4)41)32(52-24(7)44)34(54-25)55-28-26(17-47-19(2)39)53-33(31(51-23(6)43)30(28)50-22(5)42)45-15-13-11-9-8-10-12-14-36-37-35/h25-34H,8-17H2,1-7H3/t25-,26-,27+,28-,29+,30+,31-,32-,33-,34+/m1/s1. The van der Waals surface area contributed by atoms with Gasteiger partial charge in [-0.15, -0.1) is 0 Å². The largest absolute Gasteiger partial charge is 0.463 e. The number of ether oxygens (including phenoxy) is 11. The van der Waals surface area contributed by atoms with Crippen LogP contribution in [-0.2, 0) is 85.7 Å². The summed E-state index contributed by atoms with van der Waals surface area (Å²) in [5.74, 6) is -5.80. The summed E-state index contributed by atoms with van der Waals surface area (Å²) in [5, 5.41) is 3.51. The van der Waals surface area contributed by atoms with Crippen molar-refractivity contribution in [1.82, 2.24) is 0 Å². The molecule has 21 nitrogen and oxygen atoms in total. The van der Waals surface area contributed by atoms with E-state index in [2.05, 4.69) is 10.0 Å². The highest BCUT2D eigenvalue weighted by Gasteiger charge is 2.57. The molecule has 0 unspecified atom stereocenters. The molecule has 0 bridgehead atoms. The van der Waals surface area contributed by atoms with E-state index in [9.17, 15) is 33.6 Å². The Hall–Kier alpha value is -4.56. The van der Waals surface area contributed by atoms with Gasteiger partial charge >= 0.3 is 41.8 Å². The van der Waals surface area contributed by atoms with E-state index in [0.717, 1.165) is 80.6 Å². The lowest BCUT2D eigenvalue weighted by molar-refractivity contribution is -0.361. The number of azide groups is 1. The smallest absolute Gasteiger partial charge is 0.303 e. The van der Waals surface area contributed by atoms with Crippen LogP contribution >= 0.6 is 0 Å². The van der Waals surface area contributed by atoms with Gasteiger partial charge in [0.05, 0.1) is 0 Å². The van der Waals surface area contributed by atoms with Gasteiger partial charge in [-0.05, 0) is 18.4 Å². The van der Waals surface area contributed by atoms with Crippen molar-refractivity contribution in [3.8, 4) is 0 Å². The highest BCUT2D eigenvalue weighted by atomic mass is 16.8. The van der Waals surface area contributed by atoms with Crippen LogP contribution in [0.4, 0.5) is 0 Å². The van der Waals surface area contributed by atoms with Crippen LogP contribution in [0.3, 0.4) is 0 Å². The molecule has 0 aliphatic carbocycles. The molecule has 10 atom stereocenters. The molecular formula is C34H51N3O18. The zero-order valence-electron chi connectivity index (χ0n) is 32.0. The first kappa shape index (κ1) is 46.6. The van der Waals surface area contributed by atoms with Crippen molar-refractivity contribution in [1.29, 1.82) is 0 Å². The van der Waals surface area contributed by atoms with Gasteiger partial charge in [0.15, 0.2) is 43.1 Å². The van der Waals surface area contributed by atoms with Gasteiger partial charge in [-0.3, -0.25) is 33.6 Å². The Morgan fingerprint density at radius 2 is 0.909 bits per heavy atom. The Bertz CT molecular complexity index is 1370. The first-order valence-electron chi connectivity index (χ1n) is 17.8. The van der Waals surface area contributed by atoms with Crippen LogP contribution in [0.2, 0.25) is 0 Å². The second kappa shape index (κ2) is 24.1. The summed E-state index contributed by atoms with van der Waals surface area (Å²) in [6.07, 6.45) is -10.6. The summed E-state index contributed by atoms with van der Waals surface area (Å²) in [4.78, 5) is 88.4. The molecular weight excluding hydrogens is 738 g/mol. The Labute approximate surface area is 317 Å². The van der Waals surface area contributed by atoms with Crippen molar-refractivity contribution in [3.05, 3.63) is 10.4 Å². The molecule has 0 saturated carbocycles. The van der Waals surface area contributed by atoms with Crippen LogP contribution in [0.25, 0.3) is 10.4 Å². The molecule has 2 rings (SSSR count). The van der Waals surface area contributed by atoms with E-state index in [1.807, 2.05) is 0 Å².